The number of hydrogen-bond donors (Lipinski definition) is 1. The Balaban J connectivity index is 1.62. The van der Waals surface area contributed by atoms with Crippen molar-refractivity contribution in [2.75, 3.05) is 26.2 Å². The van der Waals surface area contributed by atoms with Gasteiger partial charge >= 0.3 is 0 Å². The van der Waals surface area contributed by atoms with Crippen molar-refractivity contribution in [2.24, 2.45) is 5.73 Å². The average molecular weight is 231 g/mol. The summed E-state index contributed by atoms with van der Waals surface area (Å²) in [4.78, 5) is 5.11. The molecule has 2 fully saturated rings. The maximum atomic E-state index is 6.18. The van der Waals surface area contributed by atoms with Gasteiger partial charge in [-0.25, -0.2) is 0 Å². The van der Waals surface area contributed by atoms with Gasteiger partial charge in [-0.2, -0.15) is 0 Å². The maximum absolute atomic E-state index is 6.18. The molecule has 3 nitrogen and oxygen atoms in total. The summed E-state index contributed by atoms with van der Waals surface area (Å²) in [7, 11) is 0. The Kier molecular flexibility index (Phi) is 3.14. The van der Waals surface area contributed by atoms with Crippen LogP contribution in [0.5, 0.6) is 0 Å². The number of nitrogens with two attached hydrogens (primary N) is 1. The predicted molar refractivity (Wildman–Crippen MR) is 69.7 cm³/mol. The summed E-state index contributed by atoms with van der Waals surface area (Å²) in [5.41, 5.74) is 7.59. The monoisotopic (exact) mass is 231 g/mol. The van der Waals surface area contributed by atoms with E-state index < -0.39 is 0 Å². The Morgan fingerprint density at radius 1 is 1.12 bits per heavy atom. The molecule has 3 rings (SSSR count). The quantitative estimate of drug-likeness (QED) is 0.821. The fourth-order valence-electron chi connectivity index (χ4n) is 3.08. The van der Waals surface area contributed by atoms with E-state index in [1.807, 2.05) is 0 Å². The SMILES string of the molecule is NC1CCN2CCN(Cc3ccccc3)CC12. The van der Waals surface area contributed by atoms with Crippen molar-refractivity contribution in [2.45, 2.75) is 25.0 Å². The lowest BCUT2D eigenvalue weighted by Crippen LogP contribution is -2.54. The third kappa shape index (κ3) is 2.37. The normalized spacial score (nSPS) is 30.4. The molecule has 17 heavy (non-hydrogen) atoms. The van der Waals surface area contributed by atoms with Gasteiger partial charge in [0.1, 0.15) is 0 Å². The zero-order valence-corrected chi connectivity index (χ0v) is 10.3. The third-order valence-corrected chi connectivity index (χ3v) is 4.11. The van der Waals surface area contributed by atoms with Gasteiger partial charge in [-0.15, -0.1) is 0 Å². The molecule has 1 aromatic carbocycles. The molecule has 1 aromatic rings. The molecule has 0 amide bonds. The smallest absolute Gasteiger partial charge is 0.0375 e. The van der Waals surface area contributed by atoms with Crippen molar-refractivity contribution >= 4 is 0 Å². The first kappa shape index (κ1) is 11.2. The Bertz CT molecular complexity index is 365. The van der Waals surface area contributed by atoms with E-state index in [4.69, 9.17) is 5.73 Å². The van der Waals surface area contributed by atoms with E-state index in [1.165, 1.54) is 31.6 Å². The van der Waals surface area contributed by atoms with Crippen LogP contribution in [0.2, 0.25) is 0 Å². The Morgan fingerprint density at radius 3 is 2.76 bits per heavy atom. The van der Waals surface area contributed by atoms with Crippen LogP contribution in [0.4, 0.5) is 0 Å². The van der Waals surface area contributed by atoms with Crippen molar-refractivity contribution < 1.29 is 0 Å². The van der Waals surface area contributed by atoms with Gasteiger partial charge in [0.2, 0.25) is 0 Å². The van der Waals surface area contributed by atoms with E-state index in [-0.39, 0.29) is 0 Å². The van der Waals surface area contributed by atoms with Crippen LogP contribution in [0.15, 0.2) is 30.3 Å². The number of nitrogens with zero attached hydrogens (tertiary/aromatic N) is 2. The molecule has 0 aliphatic carbocycles. The predicted octanol–water partition coefficient (Wildman–Crippen LogP) is 0.904. The van der Waals surface area contributed by atoms with Gasteiger partial charge in [0.05, 0.1) is 0 Å². The molecule has 2 atom stereocenters. The second kappa shape index (κ2) is 4.77. The molecule has 3 heteroatoms. The van der Waals surface area contributed by atoms with Crippen LogP contribution in [0.1, 0.15) is 12.0 Å². The van der Waals surface area contributed by atoms with Crippen LogP contribution >= 0.6 is 0 Å². The van der Waals surface area contributed by atoms with Gasteiger partial charge in [0, 0.05) is 44.8 Å². The minimum Gasteiger partial charge on any atom is -0.326 e. The number of fused-ring (bicyclic) bond motifs is 1. The number of benzene rings is 1. The largest absolute Gasteiger partial charge is 0.326 e. The minimum atomic E-state index is 0.383. The molecule has 2 heterocycles. The van der Waals surface area contributed by atoms with Gasteiger partial charge in [-0.3, -0.25) is 9.80 Å². The molecule has 2 N–H and O–H groups in total. The van der Waals surface area contributed by atoms with Crippen molar-refractivity contribution in [1.29, 1.82) is 0 Å². The fraction of sp³-hybridized carbons (Fsp3) is 0.571. The molecule has 0 aromatic heterocycles. The first-order valence-electron chi connectivity index (χ1n) is 6.59. The van der Waals surface area contributed by atoms with Crippen LogP contribution < -0.4 is 5.73 Å². The lowest BCUT2D eigenvalue weighted by Gasteiger charge is -2.38. The van der Waals surface area contributed by atoms with E-state index in [2.05, 4.69) is 40.1 Å². The fourth-order valence-corrected chi connectivity index (χ4v) is 3.08. The van der Waals surface area contributed by atoms with Gasteiger partial charge in [0.15, 0.2) is 0 Å². The van der Waals surface area contributed by atoms with Gasteiger partial charge in [-0.1, -0.05) is 30.3 Å². The van der Waals surface area contributed by atoms with Crippen LogP contribution in [0, 0.1) is 0 Å². The second-order valence-electron chi connectivity index (χ2n) is 5.28. The topological polar surface area (TPSA) is 32.5 Å². The lowest BCUT2D eigenvalue weighted by atomic mass is 10.1. The molecular formula is C14H21N3. The average Bonchev–Trinajstić information content (AvgIpc) is 2.73. The summed E-state index contributed by atoms with van der Waals surface area (Å²) >= 11 is 0. The van der Waals surface area contributed by atoms with Crippen molar-refractivity contribution in [3.63, 3.8) is 0 Å². The highest BCUT2D eigenvalue weighted by Crippen LogP contribution is 2.21. The molecule has 0 spiro atoms. The molecular weight excluding hydrogens is 210 g/mol. The maximum Gasteiger partial charge on any atom is 0.0375 e. The number of rotatable bonds is 2. The van der Waals surface area contributed by atoms with Crippen molar-refractivity contribution in [3.8, 4) is 0 Å². The molecule has 2 aliphatic rings. The summed E-state index contributed by atoms with van der Waals surface area (Å²) in [5, 5.41) is 0. The summed E-state index contributed by atoms with van der Waals surface area (Å²) < 4.78 is 0. The van der Waals surface area contributed by atoms with Gasteiger partial charge < -0.3 is 5.73 Å². The van der Waals surface area contributed by atoms with Gasteiger partial charge in [0.25, 0.3) is 0 Å². The van der Waals surface area contributed by atoms with E-state index in [9.17, 15) is 0 Å². The second-order valence-corrected chi connectivity index (χ2v) is 5.28. The molecule has 92 valence electrons. The lowest BCUT2D eigenvalue weighted by molar-refractivity contribution is 0.0940. The van der Waals surface area contributed by atoms with Crippen LogP contribution in [-0.2, 0) is 6.54 Å². The summed E-state index contributed by atoms with van der Waals surface area (Å²) in [6, 6.07) is 11.7. The van der Waals surface area contributed by atoms with E-state index in [0.717, 1.165) is 13.1 Å². The standard InChI is InChI=1S/C14H21N3/c15-13-6-7-17-9-8-16(11-14(13)17)10-12-4-2-1-3-5-12/h1-5,13-14H,6-11,15H2. The molecule has 0 saturated carbocycles. The van der Waals surface area contributed by atoms with Crippen molar-refractivity contribution in [1.82, 2.24) is 9.80 Å². The Morgan fingerprint density at radius 2 is 1.94 bits per heavy atom. The highest BCUT2D eigenvalue weighted by atomic mass is 15.3. The number of piperazine rings is 1. The molecule has 2 saturated heterocycles. The molecule has 0 radical (unpaired) electrons. The minimum absolute atomic E-state index is 0.383. The van der Waals surface area contributed by atoms with Gasteiger partial charge in [-0.05, 0) is 12.0 Å². The first-order valence-corrected chi connectivity index (χ1v) is 6.59. The number of hydrogen-bond acceptors (Lipinski definition) is 3. The van der Waals surface area contributed by atoms with Crippen molar-refractivity contribution in [3.05, 3.63) is 35.9 Å². The van der Waals surface area contributed by atoms with E-state index in [0.29, 0.717) is 12.1 Å². The Hall–Kier alpha value is -0.900. The summed E-state index contributed by atoms with van der Waals surface area (Å²) in [6.45, 7) is 5.77. The first-order chi connectivity index (χ1) is 8.33. The van der Waals surface area contributed by atoms with Crippen LogP contribution in [0.3, 0.4) is 0 Å². The van der Waals surface area contributed by atoms with E-state index in [1.54, 1.807) is 0 Å². The van der Waals surface area contributed by atoms with E-state index >= 15 is 0 Å². The van der Waals surface area contributed by atoms with Crippen LogP contribution in [0.25, 0.3) is 0 Å². The Labute approximate surface area is 103 Å². The zero-order valence-electron chi connectivity index (χ0n) is 10.3. The molecule has 2 unspecified atom stereocenters. The summed E-state index contributed by atoms with van der Waals surface area (Å²) in [5.74, 6) is 0. The highest BCUT2D eigenvalue weighted by molar-refractivity contribution is 5.14. The zero-order chi connectivity index (χ0) is 11.7. The molecule has 2 aliphatic heterocycles. The summed E-state index contributed by atoms with van der Waals surface area (Å²) in [6.07, 6.45) is 1.17. The molecule has 0 bridgehead atoms. The third-order valence-electron chi connectivity index (χ3n) is 4.11. The highest BCUT2D eigenvalue weighted by Gasteiger charge is 2.35. The van der Waals surface area contributed by atoms with Crippen LogP contribution in [-0.4, -0.2) is 48.1 Å².